The topological polar surface area (TPSA) is 17.1 Å². The number of hydrogen-bond acceptors (Lipinski definition) is 1. The number of carbonyl (C=O) groups excluding carboxylic acids is 1. The third kappa shape index (κ3) is 2.67. The fraction of sp³-hybridized carbons (Fsp3) is 0.0714. The first-order chi connectivity index (χ1) is 8.12. The Bertz CT molecular complexity index is 506. The number of carbonyl (C=O) groups is 1. The van der Waals surface area contributed by atoms with Gasteiger partial charge in [0.25, 0.3) is 0 Å². The third-order valence-electron chi connectivity index (χ3n) is 2.37. The summed E-state index contributed by atoms with van der Waals surface area (Å²) in [7, 11) is 0. The van der Waals surface area contributed by atoms with Gasteiger partial charge in [0, 0.05) is 5.56 Å². The lowest BCUT2D eigenvalue weighted by molar-refractivity contribution is 0.0982. The smallest absolute Gasteiger partial charge is 0.194 e. The molecule has 0 unspecified atom stereocenters. The van der Waals surface area contributed by atoms with E-state index in [2.05, 4.69) is 37.9 Å². The van der Waals surface area contributed by atoms with E-state index in [0.717, 1.165) is 5.56 Å². The Morgan fingerprint density at radius 3 is 2.24 bits per heavy atom. The van der Waals surface area contributed by atoms with Gasteiger partial charge < -0.3 is 0 Å². The molecule has 2 rings (SSSR count). The van der Waals surface area contributed by atoms with Gasteiger partial charge in [-0.3, -0.25) is 4.79 Å². The molecule has 17 heavy (non-hydrogen) atoms. The van der Waals surface area contributed by atoms with Crippen LogP contribution in [0.25, 0.3) is 0 Å². The van der Waals surface area contributed by atoms with E-state index in [1.807, 2.05) is 36.4 Å². The Morgan fingerprint density at radius 2 is 1.65 bits per heavy atom. The zero-order valence-electron chi connectivity index (χ0n) is 8.86. The van der Waals surface area contributed by atoms with Crippen molar-refractivity contribution in [3.05, 3.63) is 71.8 Å². The lowest BCUT2D eigenvalue weighted by atomic mass is 10.0. The normalized spacial score (nSPS) is 11.2. The summed E-state index contributed by atoms with van der Waals surface area (Å²) in [5.74, 6) is -0.0412. The van der Waals surface area contributed by atoms with E-state index in [0.29, 0.717) is 5.56 Å². The van der Waals surface area contributed by atoms with Crippen LogP contribution in [0.3, 0.4) is 0 Å². The number of benzene rings is 2. The zero-order chi connectivity index (χ0) is 12.3. The standard InChI is InChI=1S/C14H9Br2O/c15-14(16,12-9-5-2-6-10-12)13(17)11-7-3-1-4-8-11/h1-9H. The van der Waals surface area contributed by atoms with E-state index >= 15 is 0 Å². The first-order valence-electron chi connectivity index (χ1n) is 5.07. The van der Waals surface area contributed by atoms with Gasteiger partial charge in [-0.25, -0.2) is 0 Å². The molecule has 0 heterocycles. The van der Waals surface area contributed by atoms with Crippen molar-refractivity contribution >= 4 is 37.6 Å². The van der Waals surface area contributed by atoms with Crippen molar-refractivity contribution in [2.75, 3.05) is 0 Å². The molecule has 0 saturated heterocycles. The van der Waals surface area contributed by atoms with Crippen LogP contribution in [-0.2, 0) is 3.23 Å². The highest BCUT2D eigenvalue weighted by Gasteiger charge is 2.34. The SMILES string of the molecule is O=C(c1ccccc1)C(Br)(Br)c1[c]cccc1. The summed E-state index contributed by atoms with van der Waals surface area (Å²) in [6, 6.07) is 19.6. The highest BCUT2D eigenvalue weighted by molar-refractivity contribution is 9.25. The molecule has 85 valence electrons. The van der Waals surface area contributed by atoms with Crippen molar-refractivity contribution in [2.24, 2.45) is 0 Å². The van der Waals surface area contributed by atoms with E-state index < -0.39 is 3.23 Å². The second-order valence-corrected chi connectivity index (χ2v) is 6.99. The summed E-state index contributed by atoms with van der Waals surface area (Å²) in [6.45, 7) is 0. The average Bonchev–Trinajstić information content (AvgIpc) is 2.40. The molecule has 0 spiro atoms. The minimum absolute atomic E-state index is 0.0412. The fourth-order valence-electron chi connectivity index (χ4n) is 1.48. The van der Waals surface area contributed by atoms with Gasteiger partial charge in [0.05, 0.1) is 0 Å². The largest absolute Gasteiger partial charge is 0.291 e. The number of alkyl halides is 2. The predicted molar refractivity (Wildman–Crippen MR) is 75.6 cm³/mol. The molecule has 2 aromatic rings. The van der Waals surface area contributed by atoms with Gasteiger partial charge in [-0.2, -0.15) is 0 Å². The molecule has 0 N–H and O–H groups in total. The highest BCUT2D eigenvalue weighted by Crippen LogP contribution is 2.40. The molecule has 0 amide bonds. The van der Waals surface area contributed by atoms with Crippen molar-refractivity contribution in [3.63, 3.8) is 0 Å². The van der Waals surface area contributed by atoms with Crippen LogP contribution in [0.2, 0.25) is 0 Å². The van der Waals surface area contributed by atoms with Gasteiger partial charge in [0.2, 0.25) is 0 Å². The van der Waals surface area contributed by atoms with Gasteiger partial charge in [-0.1, -0.05) is 86.5 Å². The second-order valence-electron chi connectivity index (χ2n) is 3.55. The number of ketones is 1. The van der Waals surface area contributed by atoms with Crippen LogP contribution in [0.5, 0.6) is 0 Å². The molecule has 2 aromatic carbocycles. The fourth-order valence-corrected chi connectivity index (χ4v) is 2.43. The zero-order valence-corrected chi connectivity index (χ0v) is 12.0. The Kier molecular flexibility index (Phi) is 3.79. The number of halogens is 2. The average molecular weight is 353 g/mol. The van der Waals surface area contributed by atoms with Crippen molar-refractivity contribution in [1.82, 2.24) is 0 Å². The lowest BCUT2D eigenvalue weighted by Gasteiger charge is -2.19. The molecule has 0 aliphatic rings. The predicted octanol–water partition coefficient (Wildman–Crippen LogP) is 4.31. The molecule has 0 aliphatic carbocycles. The Hall–Kier alpha value is -0.930. The molecule has 3 heteroatoms. The van der Waals surface area contributed by atoms with Crippen LogP contribution in [0, 0.1) is 6.07 Å². The number of hydrogen-bond donors (Lipinski definition) is 0. The summed E-state index contributed by atoms with van der Waals surface area (Å²) in [5, 5.41) is 0. The Balaban J connectivity index is 2.37. The molecule has 0 atom stereocenters. The van der Waals surface area contributed by atoms with E-state index in [1.165, 1.54) is 0 Å². The van der Waals surface area contributed by atoms with Crippen LogP contribution in [0.1, 0.15) is 15.9 Å². The van der Waals surface area contributed by atoms with Crippen LogP contribution < -0.4 is 0 Å². The van der Waals surface area contributed by atoms with Crippen LogP contribution in [0.4, 0.5) is 0 Å². The number of Topliss-reactive ketones (excluding diaryl/α,β-unsaturated/α-hetero) is 1. The molecule has 0 aliphatic heterocycles. The Morgan fingerprint density at radius 1 is 1.00 bits per heavy atom. The minimum atomic E-state index is -0.914. The van der Waals surface area contributed by atoms with Crippen molar-refractivity contribution in [3.8, 4) is 0 Å². The summed E-state index contributed by atoms with van der Waals surface area (Å²) in [4.78, 5) is 12.4. The van der Waals surface area contributed by atoms with E-state index in [4.69, 9.17) is 0 Å². The Labute approximate surface area is 117 Å². The molecule has 1 nitrogen and oxygen atoms in total. The second kappa shape index (κ2) is 5.15. The monoisotopic (exact) mass is 351 g/mol. The maximum absolute atomic E-state index is 12.4. The minimum Gasteiger partial charge on any atom is -0.291 e. The molecular formula is C14H9Br2O. The molecule has 0 fully saturated rings. The summed E-state index contributed by atoms with van der Waals surface area (Å²) in [6.07, 6.45) is 0. The van der Waals surface area contributed by atoms with Gasteiger partial charge >= 0.3 is 0 Å². The van der Waals surface area contributed by atoms with Gasteiger partial charge in [0.15, 0.2) is 9.02 Å². The summed E-state index contributed by atoms with van der Waals surface area (Å²) < 4.78 is -0.914. The van der Waals surface area contributed by atoms with Crippen molar-refractivity contribution < 1.29 is 4.79 Å². The molecular weight excluding hydrogens is 344 g/mol. The van der Waals surface area contributed by atoms with Crippen molar-refractivity contribution in [1.29, 1.82) is 0 Å². The van der Waals surface area contributed by atoms with E-state index in [9.17, 15) is 4.79 Å². The summed E-state index contributed by atoms with van der Waals surface area (Å²) >= 11 is 6.86. The van der Waals surface area contributed by atoms with Crippen molar-refractivity contribution in [2.45, 2.75) is 3.23 Å². The maximum atomic E-state index is 12.4. The molecule has 1 radical (unpaired) electrons. The van der Waals surface area contributed by atoms with Crippen LogP contribution >= 0.6 is 31.9 Å². The van der Waals surface area contributed by atoms with Gasteiger partial charge in [0.1, 0.15) is 0 Å². The quantitative estimate of drug-likeness (QED) is 0.594. The molecule has 0 saturated carbocycles. The van der Waals surface area contributed by atoms with E-state index in [1.54, 1.807) is 18.2 Å². The van der Waals surface area contributed by atoms with Gasteiger partial charge in [-0.05, 0) is 11.6 Å². The third-order valence-corrected chi connectivity index (χ3v) is 3.94. The first kappa shape index (κ1) is 12.5. The number of rotatable bonds is 3. The first-order valence-corrected chi connectivity index (χ1v) is 6.66. The molecule has 0 aromatic heterocycles. The maximum Gasteiger partial charge on any atom is 0.194 e. The van der Waals surface area contributed by atoms with Gasteiger partial charge in [-0.15, -0.1) is 0 Å². The molecule has 0 bridgehead atoms. The van der Waals surface area contributed by atoms with Crippen LogP contribution in [0.15, 0.2) is 54.6 Å². The van der Waals surface area contributed by atoms with E-state index in [-0.39, 0.29) is 5.78 Å². The summed E-state index contributed by atoms with van der Waals surface area (Å²) in [5.41, 5.74) is 1.41. The lowest BCUT2D eigenvalue weighted by Crippen LogP contribution is -2.22. The van der Waals surface area contributed by atoms with Crippen LogP contribution in [-0.4, -0.2) is 5.78 Å². The highest BCUT2D eigenvalue weighted by atomic mass is 79.9.